The van der Waals surface area contributed by atoms with Gasteiger partial charge in [0.15, 0.2) is 0 Å². The van der Waals surface area contributed by atoms with Crippen LogP contribution in [0.3, 0.4) is 0 Å². The molecular weight excluding hydrogens is 320 g/mol. The zero-order valence-corrected chi connectivity index (χ0v) is 15.6. The molecule has 0 bridgehead atoms. The molecular formula is C19H28N2O4. The first-order chi connectivity index (χ1) is 11.5. The summed E-state index contributed by atoms with van der Waals surface area (Å²) in [6.07, 6.45) is -0.119. The van der Waals surface area contributed by atoms with Crippen molar-refractivity contribution in [2.75, 3.05) is 13.1 Å². The minimum Gasteiger partial charge on any atom is -0.481 e. The Morgan fingerprint density at radius 1 is 1.12 bits per heavy atom. The number of rotatable bonds is 7. The summed E-state index contributed by atoms with van der Waals surface area (Å²) in [6.45, 7) is 9.88. The van der Waals surface area contributed by atoms with Crippen molar-refractivity contribution < 1.29 is 19.5 Å². The summed E-state index contributed by atoms with van der Waals surface area (Å²) in [7, 11) is 0. The topological polar surface area (TPSA) is 86.7 Å². The van der Waals surface area contributed by atoms with E-state index in [9.17, 15) is 14.4 Å². The van der Waals surface area contributed by atoms with E-state index in [-0.39, 0.29) is 42.8 Å². The Kier molecular flexibility index (Phi) is 7.15. The second kappa shape index (κ2) is 8.65. The number of benzene rings is 1. The molecule has 1 rings (SSSR count). The summed E-state index contributed by atoms with van der Waals surface area (Å²) < 4.78 is 0. The van der Waals surface area contributed by atoms with Gasteiger partial charge in [-0.3, -0.25) is 14.4 Å². The number of hydrogen-bond donors (Lipinski definition) is 2. The fourth-order valence-electron chi connectivity index (χ4n) is 2.37. The van der Waals surface area contributed by atoms with Gasteiger partial charge in [-0.05, 0) is 37.0 Å². The maximum Gasteiger partial charge on any atom is 0.305 e. The molecule has 0 saturated carbocycles. The molecule has 1 aromatic rings. The molecule has 0 saturated heterocycles. The van der Waals surface area contributed by atoms with Gasteiger partial charge in [0.25, 0.3) is 5.91 Å². The van der Waals surface area contributed by atoms with Crippen LogP contribution in [0.15, 0.2) is 24.3 Å². The van der Waals surface area contributed by atoms with Crippen molar-refractivity contribution in [2.45, 2.75) is 52.5 Å². The van der Waals surface area contributed by atoms with Crippen LogP contribution in [0.2, 0.25) is 0 Å². The quantitative estimate of drug-likeness (QED) is 0.792. The molecule has 0 aliphatic rings. The smallest absolute Gasteiger partial charge is 0.305 e. The molecule has 0 unspecified atom stereocenters. The van der Waals surface area contributed by atoms with Gasteiger partial charge in [0.05, 0.1) is 13.0 Å². The van der Waals surface area contributed by atoms with Crippen LogP contribution < -0.4 is 5.32 Å². The van der Waals surface area contributed by atoms with Crippen molar-refractivity contribution in [3.05, 3.63) is 35.4 Å². The molecule has 0 aliphatic heterocycles. The van der Waals surface area contributed by atoms with Crippen LogP contribution in [0.25, 0.3) is 0 Å². The van der Waals surface area contributed by atoms with Crippen molar-refractivity contribution in [2.24, 2.45) is 0 Å². The van der Waals surface area contributed by atoms with Gasteiger partial charge in [0.2, 0.25) is 5.91 Å². The summed E-state index contributed by atoms with van der Waals surface area (Å²) in [5.41, 5.74) is 1.62. The Balaban J connectivity index is 2.64. The lowest BCUT2D eigenvalue weighted by molar-refractivity contribution is -0.138. The maximum absolute atomic E-state index is 12.2. The zero-order valence-electron chi connectivity index (χ0n) is 15.6. The van der Waals surface area contributed by atoms with E-state index in [0.29, 0.717) is 5.56 Å². The Bertz CT molecular complexity index is 615. The van der Waals surface area contributed by atoms with E-state index in [1.807, 2.05) is 26.0 Å². The standard InChI is InChI=1S/C19H28N2O4/c1-13(2)21(11-10-17(23)24)16(22)12-20-18(25)14-6-8-15(9-7-14)19(3,4)5/h6-9,13H,10-12H2,1-5H3,(H,20,25)(H,23,24). The molecule has 0 aromatic heterocycles. The highest BCUT2D eigenvalue weighted by atomic mass is 16.4. The number of nitrogens with one attached hydrogen (secondary N) is 1. The highest BCUT2D eigenvalue weighted by Crippen LogP contribution is 2.22. The predicted octanol–water partition coefficient (Wildman–Crippen LogP) is 2.43. The summed E-state index contributed by atoms with van der Waals surface area (Å²) in [5.74, 6) is -1.58. The van der Waals surface area contributed by atoms with Crippen LogP contribution in [0.5, 0.6) is 0 Å². The first kappa shape index (κ1) is 20.7. The highest BCUT2D eigenvalue weighted by Gasteiger charge is 2.19. The molecule has 0 atom stereocenters. The molecule has 6 heteroatoms. The van der Waals surface area contributed by atoms with Crippen LogP contribution in [-0.4, -0.2) is 46.9 Å². The third kappa shape index (κ3) is 6.57. The molecule has 1 aromatic carbocycles. The predicted molar refractivity (Wildman–Crippen MR) is 96.6 cm³/mol. The van der Waals surface area contributed by atoms with Gasteiger partial charge in [-0.1, -0.05) is 32.9 Å². The Morgan fingerprint density at radius 3 is 2.12 bits per heavy atom. The number of amides is 2. The minimum absolute atomic E-state index is 0.00682. The highest BCUT2D eigenvalue weighted by molar-refractivity contribution is 5.96. The molecule has 0 aliphatic carbocycles. The third-order valence-electron chi connectivity index (χ3n) is 3.92. The SMILES string of the molecule is CC(C)N(CCC(=O)O)C(=O)CNC(=O)c1ccc(C(C)(C)C)cc1. The summed E-state index contributed by atoms with van der Waals surface area (Å²) in [4.78, 5) is 36.6. The van der Waals surface area contributed by atoms with E-state index in [0.717, 1.165) is 5.56 Å². The Labute approximate surface area is 149 Å². The van der Waals surface area contributed by atoms with Gasteiger partial charge in [-0.2, -0.15) is 0 Å². The second-order valence-electron chi connectivity index (χ2n) is 7.33. The molecule has 0 radical (unpaired) electrons. The van der Waals surface area contributed by atoms with Crippen LogP contribution in [0, 0.1) is 0 Å². The van der Waals surface area contributed by atoms with E-state index in [2.05, 4.69) is 26.1 Å². The van der Waals surface area contributed by atoms with Crippen LogP contribution in [0.4, 0.5) is 0 Å². The van der Waals surface area contributed by atoms with Gasteiger partial charge in [0.1, 0.15) is 0 Å². The molecule has 2 amide bonds. The average Bonchev–Trinajstić information content (AvgIpc) is 2.51. The fraction of sp³-hybridized carbons (Fsp3) is 0.526. The molecule has 25 heavy (non-hydrogen) atoms. The van der Waals surface area contributed by atoms with Crippen molar-refractivity contribution >= 4 is 17.8 Å². The monoisotopic (exact) mass is 348 g/mol. The molecule has 6 nitrogen and oxygen atoms in total. The van der Waals surface area contributed by atoms with Gasteiger partial charge >= 0.3 is 5.97 Å². The number of aliphatic carboxylic acids is 1. The van der Waals surface area contributed by atoms with Crippen LogP contribution in [0.1, 0.15) is 57.0 Å². The number of carboxylic acid groups (broad SMARTS) is 1. The Morgan fingerprint density at radius 2 is 1.68 bits per heavy atom. The second-order valence-corrected chi connectivity index (χ2v) is 7.33. The van der Waals surface area contributed by atoms with E-state index in [1.54, 1.807) is 12.1 Å². The van der Waals surface area contributed by atoms with Crippen molar-refractivity contribution in [1.82, 2.24) is 10.2 Å². The van der Waals surface area contributed by atoms with Crippen molar-refractivity contribution in [1.29, 1.82) is 0 Å². The number of hydrogen-bond acceptors (Lipinski definition) is 3. The molecule has 0 fully saturated rings. The molecule has 2 N–H and O–H groups in total. The minimum atomic E-state index is -0.957. The lowest BCUT2D eigenvalue weighted by atomic mass is 9.87. The number of carbonyl (C=O) groups excluding carboxylic acids is 2. The summed E-state index contributed by atoms with van der Waals surface area (Å²) in [5, 5.41) is 11.4. The molecule has 0 spiro atoms. The number of carboxylic acids is 1. The molecule has 0 heterocycles. The number of nitrogens with zero attached hydrogens (tertiary/aromatic N) is 1. The van der Waals surface area contributed by atoms with Gasteiger partial charge in [0, 0.05) is 18.2 Å². The first-order valence-corrected chi connectivity index (χ1v) is 8.42. The lowest BCUT2D eigenvalue weighted by Gasteiger charge is -2.26. The van der Waals surface area contributed by atoms with E-state index in [1.165, 1.54) is 4.90 Å². The average molecular weight is 348 g/mol. The van der Waals surface area contributed by atoms with E-state index in [4.69, 9.17) is 5.11 Å². The number of carbonyl (C=O) groups is 3. The lowest BCUT2D eigenvalue weighted by Crippen LogP contribution is -2.44. The maximum atomic E-state index is 12.2. The first-order valence-electron chi connectivity index (χ1n) is 8.42. The zero-order chi connectivity index (χ0) is 19.2. The van der Waals surface area contributed by atoms with Crippen molar-refractivity contribution in [3.8, 4) is 0 Å². The summed E-state index contributed by atoms with van der Waals surface area (Å²) in [6, 6.07) is 7.17. The fourth-order valence-corrected chi connectivity index (χ4v) is 2.37. The van der Waals surface area contributed by atoms with Crippen LogP contribution in [-0.2, 0) is 15.0 Å². The largest absolute Gasteiger partial charge is 0.481 e. The van der Waals surface area contributed by atoms with Gasteiger partial charge < -0.3 is 15.3 Å². The molecule has 138 valence electrons. The van der Waals surface area contributed by atoms with Gasteiger partial charge in [-0.25, -0.2) is 0 Å². The van der Waals surface area contributed by atoms with Crippen LogP contribution >= 0.6 is 0 Å². The normalized spacial score (nSPS) is 11.3. The van der Waals surface area contributed by atoms with Gasteiger partial charge in [-0.15, -0.1) is 0 Å². The van der Waals surface area contributed by atoms with E-state index >= 15 is 0 Å². The van der Waals surface area contributed by atoms with Crippen molar-refractivity contribution in [3.63, 3.8) is 0 Å². The Hall–Kier alpha value is -2.37. The summed E-state index contributed by atoms with van der Waals surface area (Å²) >= 11 is 0. The third-order valence-corrected chi connectivity index (χ3v) is 3.92. The van der Waals surface area contributed by atoms with E-state index < -0.39 is 5.97 Å².